The Morgan fingerprint density at radius 3 is 1.28 bits per heavy atom. The SMILES string of the molecule is C.CC(=O)c1cc(C(=O)O)[nH]n1.[2H][C@@](C)(Cn1ccc(-c2ccc(C#N)c(Cl)c2)n1)NC(=O)c1cc(C(C)=O)n[nH]1.[2H][C@@](C)(Cn1ccc(-c2ccc(C#N)c(Cl)c2)n1)NC(=O)c1cc(C(C)O)[nH]n1.[2H][C@](C)(N)Cn1ccc(-c2ccc(C#N)c(Cl)c2)n1.[B]. The molecule has 87 heavy (non-hydrogen) atoms. The van der Waals surface area contributed by atoms with Gasteiger partial charge in [-0.2, -0.15) is 46.4 Å². The fourth-order valence-corrected chi connectivity index (χ4v) is 8.01. The Kier molecular flexibility index (Phi) is 24.0. The first-order valence-corrected chi connectivity index (χ1v) is 26.2. The molecule has 9 N–H and O–H groups in total. The number of rotatable bonds is 17. The maximum atomic E-state index is 12.3. The first kappa shape index (κ1) is 64.6. The molecular weight excluding hydrogens is 1180 g/mol. The first-order valence-electron chi connectivity index (χ1n) is 26.6. The molecular formula is C58H59BCl3N18O7. The summed E-state index contributed by atoms with van der Waals surface area (Å²) in [6, 6.07) is 26.7. The number of carbonyl (C=O) groups is 5. The van der Waals surface area contributed by atoms with E-state index in [1.165, 1.54) is 43.7 Å². The van der Waals surface area contributed by atoms with Gasteiger partial charge in [0.1, 0.15) is 46.7 Å². The molecule has 0 bridgehead atoms. The Bertz CT molecular complexity index is 4130. The van der Waals surface area contributed by atoms with Gasteiger partial charge >= 0.3 is 5.97 Å². The summed E-state index contributed by atoms with van der Waals surface area (Å²) in [5, 5.41) is 82.5. The number of aromatic nitrogens is 12. The van der Waals surface area contributed by atoms with E-state index in [0.717, 1.165) is 22.4 Å². The second kappa shape index (κ2) is 32.3. The molecule has 0 aliphatic heterocycles. The number of aromatic amines is 3. The molecule has 25 nitrogen and oxygen atoms in total. The Balaban J connectivity index is 0.000000267. The highest BCUT2D eigenvalue weighted by Crippen LogP contribution is 2.27. The normalized spacial score (nSPS) is 13.2. The fourth-order valence-electron chi connectivity index (χ4n) is 7.34. The van der Waals surface area contributed by atoms with Gasteiger partial charge < -0.3 is 26.6 Å². The summed E-state index contributed by atoms with van der Waals surface area (Å²) in [5.41, 5.74) is 11.9. The number of aliphatic hydroxyl groups excluding tert-OH is 1. The molecule has 9 aromatic rings. The molecule has 0 fully saturated rings. The maximum absolute atomic E-state index is 12.3. The third-order valence-corrected chi connectivity index (χ3v) is 12.5. The number of nitrogens with one attached hydrogen (secondary N) is 5. The van der Waals surface area contributed by atoms with Crippen molar-refractivity contribution in [3.05, 3.63) is 176 Å². The quantitative estimate of drug-likeness (QED) is 0.0313. The monoisotopic (exact) mass is 1240 g/mol. The number of aromatic carboxylic acids is 1. The number of benzene rings is 3. The fraction of sp³-hybridized carbons (Fsp3) is 0.241. The summed E-state index contributed by atoms with van der Waals surface area (Å²) in [5.74, 6) is -2.72. The van der Waals surface area contributed by atoms with E-state index in [0.29, 0.717) is 55.4 Å². The van der Waals surface area contributed by atoms with E-state index < -0.39 is 41.9 Å². The van der Waals surface area contributed by atoms with Crippen LogP contribution in [-0.2, 0) is 19.6 Å². The van der Waals surface area contributed by atoms with Crippen LogP contribution in [0.4, 0.5) is 0 Å². The number of amides is 2. The molecule has 0 aliphatic rings. The third-order valence-electron chi connectivity index (χ3n) is 11.6. The maximum Gasteiger partial charge on any atom is 0.353 e. The Labute approximate surface area is 520 Å². The van der Waals surface area contributed by atoms with Crippen LogP contribution in [0.5, 0.6) is 0 Å². The van der Waals surface area contributed by atoms with E-state index in [9.17, 15) is 29.1 Å². The van der Waals surface area contributed by atoms with E-state index in [1.54, 1.807) is 115 Å². The predicted molar refractivity (Wildman–Crippen MR) is 326 cm³/mol. The van der Waals surface area contributed by atoms with Crippen molar-refractivity contribution in [1.29, 1.82) is 15.8 Å². The molecule has 3 radical (unpaired) electrons. The van der Waals surface area contributed by atoms with Crippen LogP contribution in [0.2, 0.25) is 15.1 Å². The van der Waals surface area contributed by atoms with Crippen LogP contribution in [0.25, 0.3) is 33.8 Å². The molecule has 3 aromatic carbocycles. The minimum absolute atomic E-state index is 0. The lowest BCUT2D eigenvalue weighted by molar-refractivity contribution is 0.0689. The molecule has 29 heteroatoms. The number of carbonyl (C=O) groups excluding carboxylic acids is 4. The molecule has 0 saturated carbocycles. The van der Waals surface area contributed by atoms with Crippen LogP contribution in [0.15, 0.2) is 110 Å². The molecule has 2 amide bonds. The number of ketones is 2. The molecule has 0 saturated heterocycles. The van der Waals surface area contributed by atoms with Crippen LogP contribution in [0.3, 0.4) is 0 Å². The number of nitrogens with zero attached hydrogens (tertiary/aromatic N) is 12. The zero-order chi connectivity index (χ0) is 64.8. The summed E-state index contributed by atoms with van der Waals surface area (Å²) >= 11 is 18.1. The Morgan fingerprint density at radius 2 is 0.954 bits per heavy atom. The molecule has 0 spiro atoms. The van der Waals surface area contributed by atoms with Gasteiger partial charge in [-0.1, -0.05) is 60.4 Å². The average Bonchev–Trinajstić information content (AvgIpc) is 2.23. The van der Waals surface area contributed by atoms with Gasteiger partial charge in [-0.15, -0.1) is 0 Å². The van der Waals surface area contributed by atoms with Gasteiger partial charge in [0.25, 0.3) is 11.8 Å². The number of carboxylic acids is 1. The minimum Gasteiger partial charge on any atom is -0.477 e. The summed E-state index contributed by atoms with van der Waals surface area (Å²) in [6.45, 7) is 9.40. The number of hydrogen-bond acceptors (Lipinski definition) is 16. The van der Waals surface area contributed by atoms with Gasteiger partial charge in [0, 0.05) is 83.0 Å². The topological polar surface area (TPSA) is 387 Å². The first-order chi connectivity index (χ1) is 41.4. The Morgan fingerprint density at radius 1 is 0.586 bits per heavy atom. The second-order valence-electron chi connectivity index (χ2n) is 18.6. The van der Waals surface area contributed by atoms with Gasteiger partial charge in [-0.05, 0) is 94.4 Å². The molecule has 6 aromatic heterocycles. The van der Waals surface area contributed by atoms with E-state index in [1.807, 2.05) is 24.3 Å². The average molecular weight is 1240 g/mol. The number of nitriles is 3. The highest BCUT2D eigenvalue weighted by atomic mass is 35.5. The molecule has 0 aliphatic carbocycles. The van der Waals surface area contributed by atoms with Gasteiger partial charge in [-0.25, -0.2) is 4.79 Å². The van der Waals surface area contributed by atoms with Crippen LogP contribution >= 0.6 is 34.8 Å². The van der Waals surface area contributed by atoms with Crippen LogP contribution in [-0.4, -0.2) is 126 Å². The van der Waals surface area contributed by atoms with Gasteiger partial charge in [0.05, 0.1) is 83.0 Å². The number of nitrogens with two attached hydrogens (primary N) is 1. The Hall–Kier alpha value is -10.0. The number of Topliss-reactive ketones (excluding diaryl/α,β-unsaturated/α-hetero) is 2. The predicted octanol–water partition coefficient (Wildman–Crippen LogP) is 8.48. The summed E-state index contributed by atoms with van der Waals surface area (Å²) in [6.07, 6.45) is 4.37. The van der Waals surface area contributed by atoms with Crippen molar-refractivity contribution in [2.24, 2.45) is 5.73 Å². The largest absolute Gasteiger partial charge is 0.477 e. The molecule has 9 rings (SSSR count). The lowest BCUT2D eigenvalue weighted by atomic mass is 10.1. The summed E-state index contributed by atoms with van der Waals surface area (Å²) in [4.78, 5) is 56.8. The molecule has 4 atom stereocenters. The standard InChI is InChI=1S/C19H19ClN6O2.C19H17ClN6O2.C13H13ClN4.C6H6N2O3.CH4.B/c2*1-11(22-19(28)18-8-17(12(2)27)23-24-18)10-26-6-5-16(25-26)13-3-4-14(9-21)15(20)7-13;1-9(16)8-18-5-4-13(17-18)10-2-3-11(7-15)12(14)6-10;1-3(9)4-2-5(6(10)11)8-7-4;;/h3-8,11-12,27H,10H2,1-2H3,(H,22,28)(H,23,24);3-8,11H,10H2,1-2H3,(H,22,28)(H,23,24);2-6,9H,8,16H2,1H3;2H,1H3,(H,7,8)(H,10,11);1H4;/t11-,12?;11-;9-;;;/m111.../s1/i2*11D;9D;;;. The number of aliphatic hydroxyl groups is 1. The lowest BCUT2D eigenvalue weighted by Crippen LogP contribution is -2.36. The minimum atomic E-state index is -1.37. The van der Waals surface area contributed by atoms with Crippen molar-refractivity contribution in [2.45, 2.75) is 92.8 Å². The zero-order valence-corrected chi connectivity index (χ0v) is 48.9. The van der Waals surface area contributed by atoms with Crippen molar-refractivity contribution >= 4 is 72.6 Å². The molecule has 6 heterocycles. The van der Waals surface area contributed by atoms with Gasteiger partial charge in [0.2, 0.25) is 0 Å². The number of H-pyrrole nitrogens is 3. The molecule has 447 valence electrons. The zero-order valence-electron chi connectivity index (χ0n) is 49.7. The van der Waals surface area contributed by atoms with Gasteiger partial charge in [0.15, 0.2) is 11.6 Å². The van der Waals surface area contributed by atoms with E-state index >= 15 is 0 Å². The highest BCUT2D eigenvalue weighted by Gasteiger charge is 2.18. The van der Waals surface area contributed by atoms with E-state index in [4.69, 9.17) is 65.5 Å². The van der Waals surface area contributed by atoms with Crippen LogP contribution < -0.4 is 16.4 Å². The second-order valence-corrected chi connectivity index (χ2v) is 19.8. The van der Waals surface area contributed by atoms with Crippen molar-refractivity contribution < 1.29 is 38.3 Å². The van der Waals surface area contributed by atoms with Gasteiger partial charge in [-0.3, -0.25) is 48.5 Å². The highest BCUT2D eigenvalue weighted by molar-refractivity contribution is 6.32. The van der Waals surface area contributed by atoms with Crippen molar-refractivity contribution in [2.75, 3.05) is 0 Å². The van der Waals surface area contributed by atoms with Crippen molar-refractivity contribution in [3.8, 4) is 52.0 Å². The smallest absolute Gasteiger partial charge is 0.353 e. The number of hydrogen-bond donors (Lipinski definition) is 8. The number of carboxylic acid groups (broad SMARTS) is 1. The van der Waals surface area contributed by atoms with E-state index in [2.05, 4.69) is 56.5 Å². The van der Waals surface area contributed by atoms with Crippen molar-refractivity contribution in [3.63, 3.8) is 0 Å². The summed E-state index contributed by atoms with van der Waals surface area (Å²) in [7, 11) is 0. The van der Waals surface area contributed by atoms with Crippen LogP contribution in [0, 0.1) is 34.0 Å². The lowest BCUT2D eigenvalue weighted by Gasteiger charge is -2.13. The third kappa shape index (κ3) is 19.8. The summed E-state index contributed by atoms with van der Waals surface area (Å²) < 4.78 is 29.1. The van der Waals surface area contributed by atoms with Crippen molar-refractivity contribution in [1.82, 2.24) is 70.6 Å². The molecule has 1 unspecified atom stereocenters. The number of halogens is 3. The van der Waals surface area contributed by atoms with Crippen LogP contribution in [0.1, 0.15) is 134 Å². The van der Waals surface area contributed by atoms with E-state index in [-0.39, 0.29) is 69.0 Å².